The second-order valence-electron chi connectivity index (χ2n) is 7.14. The van der Waals surface area contributed by atoms with E-state index in [0.717, 1.165) is 29.7 Å². The smallest absolute Gasteiger partial charge is 0.398 e. The molecule has 0 unspecified atom stereocenters. The molecule has 0 radical (unpaired) electrons. The molecule has 5 nitrogen and oxygen atoms in total. The summed E-state index contributed by atoms with van der Waals surface area (Å²) >= 11 is 0. The summed E-state index contributed by atoms with van der Waals surface area (Å²) in [6.45, 7) is 8.11. The fraction of sp³-hybridized carbons (Fsp3) is 0.643. The molecule has 1 spiro atoms. The number of fused-ring (bicyclic) bond motifs is 2. The maximum Gasteiger partial charge on any atom is 0.512 e. The highest BCUT2D eigenvalue weighted by Crippen LogP contribution is 2.49. The Morgan fingerprint density at radius 3 is 2.30 bits per heavy atom. The number of rotatable bonds is 1. The van der Waals surface area contributed by atoms with E-state index in [4.69, 9.17) is 9.31 Å². The van der Waals surface area contributed by atoms with Gasteiger partial charge in [0.05, 0.1) is 28.0 Å². The van der Waals surface area contributed by atoms with Gasteiger partial charge in [-0.25, -0.2) is 0 Å². The number of aromatic nitrogens is 1. The Morgan fingerprint density at radius 2 is 1.75 bits per heavy atom. The highest BCUT2D eigenvalue weighted by Gasteiger charge is 2.56. The number of aromatic amines is 1. The molecule has 1 aromatic heterocycles. The minimum absolute atomic E-state index is 0.0107. The topological polar surface area (TPSA) is 63.3 Å². The maximum absolute atomic E-state index is 12.0. The molecule has 6 heteroatoms. The Balaban J connectivity index is 1.69. The molecule has 0 aromatic carbocycles. The van der Waals surface area contributed by atoms with E-state index in [0.29, 0.717) is 0 Å². The van der Waals surface area contributed by atoms with Gasteiger partial charge >= 0.3 is 7.12 Å². The van der Waals surface area contributed by atoms with Crippen LogP contribution in [0.4, 0.5) is 0 Å². The molecular formula is C14H19BN2O3. The summed E-state index contributed by atoms with van der Waals surface area (Å²) in [4.78, 5) is 15.4. The molecule has 0 atom stereocenters. The van der Waals surface area contributed by atoms with Crippen LogP contribution in [0.3, 0.4) is 0 Å². The van der Waals surface area contributed by atoms with Crippen LogP contribution < -0.4 is 10.9 Å². The van der Waals surface area contributed by atoms with E-state index in [1.807, 2.05) is 33.8 Å². The fourth-order valence-electron chi connectivity index (χ4n) is 2.98. The van der Waals surface area contributed by atoms with E-state index >= 15 is 0 Å². The average molecular weight is 274 g/mol. The van der Waals surface area contributed by atoms with E-state index in [1.54, 1.807) is 0 Å². The predicted molar refractivity (Wildman–Crippen MR) is 74.9 cm³/mol. The molecule has 3 aliphatic rings. The highest BCUT2D eigenvalue weighted by atomic mass is 16.7. The van der Waals surface area contributed by atoms with Gasteiger partial charge in [-0.15, -0.1) is 0 Å². The van der Waals surface area contributed by atoms with Crippen molar-refractivity contribution in [2.75, 3.05) is 0 Å². The summed E-state index contributed by atoms with van der Waals surface area (Å²) in [5, 5.41) is 3.05. The van der Waals surface area contributed by atoms with Gasteiger partial charge in [0.2, 0.25) is 0 Å². The lowest BCUT2D eigenvalue weighted by Crippen LogP contribution is -2.41. The SMILES string of the molecule is CC1(C)OB(c2cc3c([nH]2)C2(CC2)NC3=O)OC1(C)C. The van der Waals surface area contributed by atoms with E-state index < -0.39 is 7.12 Å². The molecule has 20 heavy (non-hydrogen) atoms. The Bertz CT molecular complexity index is 600. The number of carbonyl (C=O) groups excluding carboxylic acids is 1. The second kappa shape index (κ2) is 3.31. The summed E-state index contributed by atoms with van der Waals surface area (Å²) < 4.78 is 12.1. The average Bonchev–Trinajstić information content (AvgIpc) is 2.79. The Kier molecular flexibility index (Phi) is 2.06. The van der Waals surface area contributed by atoms with Crippen LogP contribution in [0.2, 0.25) is 0 Å². The predicted octanol–water partition coefficient (Wildman–Crippen LogP) is 1.05. The Hall–Kier alpha value is -1.27. The van der Waals surface area contributed by atoms with Crippen LogP contribution in [0.1, 0.15) is 56.6 Å². The minimum Gasteiger partial charge on any atom is -0.398 e. The van der Waals surface area contributed by atoms with Crippen LogP contribution in [-0.2, 0) is 14.8 Å². The van der Waals surface area contributed by atoms with Crippen molar-refractivity contribution in [1.29, 1.82) is 0 Å². The molecule has 4 rings (SSSR count). The van der Waals surface area contributed by atoms with Crippen LogP contribution in [-0.4, -0.2) is 29.2 Å². The molecule has 1 saturated heterocycles. The molecule has 2 aliphatic heterocycles. The standard InChI is InChI=1S/C14H19BN2O3/c1-12(2)13(3,4)20-15(19-12)9-7-8-10(16-9)14(5-6-14)17-11(8)18/h7,16H,5-6H2,1-4H3,(H,17,18). The van der Waals surface area contributed by atoms with Crippen LogP contribution in [0.5, 0.6) is 0 Å². The van der Waals surface area contributed by atoms with Crippen LogP contribution in [0, 0.1) is 0 Å². The molecule has 2 N–H and O–H groups in total. The third-order valence-electron chi connectivity index (χ3n) is 5.17. The molecular weight excluding hydrogens is 255 g/mol. The van der Waals surface area contributed by atoms with Crippen LogP contribution in [0.25, 0.3) is 0 Å². The van der Waals surface area contributed by atoms with E-state index in [2.05, 4.69) is 10.3 Å². The first-order valence-corrected chi connectivity index (χ1v) is 7.16. The lowest BCUT2D eigenvalue weighted by Gasteiger charge is -2.32. The van der Waals surface area contributed by atoms with Gasteiger partial charge in [-0.05, 0) is 46.6 Å². The second-order valence-corrected chi connectivity index (χ2v) is 7.14. The van der Waals surface area contributed by atoms with Gasteiger partial charge in [-0.1, -0.05) is 0 Å². The summed E-state index contributed by atoms with van der Waals surface area (Å²) in [7, 11) is -0.436. The van der Waals surface area contributed by atoms with Crippen molar-refractivity contribution < 1.29 is 14.1 Å². The van der Waals surface area contributed by atoms with Gasteiger partial charge < -0.3 is 19.6 Å². The molecule has 2 fully saturated rings. The van der Waals surface area contributed by atoms with Crippen molar-refractivity contribution in [3.8, 4) is 0 Å². The van der Waals surface area contributed by atoms with Gasteiger partial charge in [0, 0.05) is 5.59 Å². The lowest BCUT2D eigenvalue weighted by molar-refractivity contribution is 0.00578. The van der Waals surface area contributed by atoms with Crippen LogP contribution in [0.15, 0.2) is 6.07 Å². The van der Waals surface area contributed by atoms with Gasteiger partial charge in [-0.3, -0.25) is 4.79 Å². The summed E-state index contributed by atoms with van der Waals surface area (Å²) in [6.07, 6.45) is 2.02. The zero-order chi connectivity index (χ0) is 14.3. The zero-order valence-corrected chi connectivity index (χ0v) is 12.3. The number of H-pyrrole nitrogens is 1. The van der Waals surface area contributed by atoms with Gasteiger partial charge in [0.1, 0.15) is 0 Å². The summed E-state index contributed by atoms with van der Waals surface area (Å²) in [6, 6.07) is 1.87. The summed E-state index contributed by atoms with van der Waals surface area (Å²) in [5.74, 6) is 0.0107. The van der Waals surface area contributed by atoms with Gasteiger partial charge in [0.15, 0.2) is 0 Å². The first-order valence-electron chi connectivity index (χ1n) is 7.16. The van der Waals surface area contributed by atoms with E-state index in [1.165, 1.54) is 0 Å². The lowest BCUT2D eigenvalue weighted by atomic mass is 9.85. The van der Waals surface area contributed by atoms with Crippen molar-refractivity contribution in [2.45, 2.75) is 57.3 Å². The first kappa shape index (κ1) is 12.5. The monoisotopic (exact) mass is 274 g/mol. The van der Waals surface area contributed by atoms with Crippen molar-refractivity contribution in [1.82, 2.24) is 10.3 Å². The molecule has 1 aromatic rings. The van der Waals surface area contributed by atoms with Crippen molar-refractivity contribution in [2.24, 2.45) is 0 Å². The largest absolute Gasteiger partial charge is 0.512 e. The van der Waals surface area contributed by atoms with Crippen molar-refractivity contribution in [3.63, 3.8) is 0 Å². The molecule has 1 saturated carbocycles. The van der Waals surface area contributed by atoms with Gasteiger partial charge in [-0.2, -0.15) is 0 Å². The van der Waals surface area contributed by atoms with Crippen molar-refractivity contribution in [3.05, 3.63) is 17.3 Å². The van der Waals surface area contributed by atoms with Crippen molar-refractivity contribution >= 4 is 18.6 Å². The Morgan fingerprint density at radius 1 is 1.15 bits per heavy atom. The molecule has 1 aliphatic carbocycles. The first-order chi connectivity index (χ1) is 9.24. The third kappa shape index (κ3) is 1.43. The number of carbonyl (C=O) groups is 1. The fourth-order valence-corrected chi connectivity index (χ4v) is 2.98. The maximum atomic E-state index is 12.0. The molecule has 0 bridgehead atoms. The minimum atomic E-state index is -0.436. The Labute approximate surface area is 118 Å². The van der Waals surface area contributed by atoms with E-state index in [-0.39, 0.29) is 22.6 Å². The normalized spacial score (nSPS) is 27.8. The number of nitrogens with one attached hydrogen (secondary N) is 2. The number of hydrogen-bond acceptors (Lipinski definition) is 3. The summed E-state index contributed by atoms with van der Waals surface area (Å²) in [5.41, 5.74) is 1.72. The van der Waals surface area contributed by atoms with E-state index in [9.17, 15) is 4.79 Å². The molecule has 3 heterocycles. The third-order valence-corrected chi connectivity index (χ3v) is 5.17. The highest BCUT2D eigenvalue weighted by molar-refractivity contribution is 6.61. The molecule has 1 amide bonds. The zero-order valence-electron chi connectivity index (χ0n) is 12.3. The van der Waals surface area contributed by atoms with Gasteiger partial charge in [0.25, 0.3) is 5.91 Å². The van der Waals surface area contributed by atoms with Crippen LogP contribution >= 0.6 is 0 Å². The molecule has 106 valence electrons. The number of amides is 1. The quantitative estimate of drug-likeness (QED) is 0.752. The number of hydrogen-bond donors (Lipinski definition) is 2.